The lowest BCUT2D eigenvalue weighted by Crippen LogP contribution is -2.16. The zero-order valence-electron chi connectivity index (χ0n) is 12.7. The smallest absolute Gasteiger partial charge is 0.230 e. The van der Waals surface area contributed by atoms with Crippen LogP contribution in [0.1, 0.15) is 5.69 Å². The maximum absolute atomic E-state index is 12.3. The van der Waals surface area contributed by atoms with Crippen LogP contribution in [0.4, 0.5) is 5.69 Å². The zero-order chi connectivity index (χ0) is 17.4. The van der Waals surface area contributed by atoms with Gasteiger partial charge in [-0.3, -0.25) is 4.79 Å². The number of carbonyl (C=O) groups is 1. The molecule has 8 nitrogen and oxygen atoms in total. The number of aromatic hydroxyl groups is 1. The van der Waals surface area contributed by atoms with Gasteiger partial charge >= 0.3 is 0 Å². The lowest BCUT2D eigenvalue weighted by Gasteiger charge is -2.08. The van der Waals surface area contributed by atoms with Gasteiger partial charge in [0, 0.05) is 5.02 Å². The Kier molecular flexibility index (Phi) is 3.66. The first-order valence-corrected chi connectivity index (χ1v) is 7.74. The van der Waals surface area contributed by atoms with E-state index in [4.69, 9.17) is 11.6 Å². The Bertz CT molecular complexity index is 1110. The Morgan fingerprint density at radius 3 is 2.92 bits per heavy atom. The predicted octanol–water partition coefficient (Wildman–Crippen LogP) is 2.21. The molecule has 0 saturated heterocycles. The number of phenols is 1. The molecular weight excluding hydrogens is 344 g/mol. The Morgan fingerprint density at radius 2 is 2.08 bits per heavy atom. The molecule has 0 unspecified atom stereocenters. The number of amides is 1. The van der Waals surface area contributed by atoms with Gasteiger partial charge in [-0.15, -0.1) is 5.10 Å². The summed E-state index contributed by atoms with van der Waals surface area (Å²) in [6.07, 6.45) is -0.0549. The van der Waals surface area contributed by atoms with Gasteiger partial charge in [-0.2, -0.15) is 4.52 Å². The first kappa shape index (κ1) is 15.3. The molecule has 2 aromatic carbocycles. The molecule has 0 fully saturated rings. The number of nitrogens with one attached hydrogen (secondary N) is 1. The zero-order valence-corrected chi connectivity index (χ0v) is 13.5. The summed E-state index contributed by atoms with van der Waals surface area (Å²) in [5, 5.41) is 24.5. The molecule has 0 spiro atoms. The Labute approximate surface area is 146 Å². The number of anilines is 1. The Hall–Kier alpha value is -3.26. The SMILES string of the molecule is O=C(Cc1nc2cc(Cl)ccc2n2nnnc12)Nc1ccccc1O. The largest absolute Gasteiger partial charge is 0.506 e. The van der Waals surface area contributed by atoms with Crippen LogP contribution in [0.15, 0.2) is 42.5 Å². The van der Waals surface area contributed by atoms with E-state index in [1.165, 1.54) is 10.6 Å². The summed E-state index contributed by atoms with van der Waals surface area (Å²) in [6.45, 7) is 0. The fraction of sp³-hybridized carbons (Fsp3) is 0.0625. The molecule has 9 heteroatoms. The number of nitrogens with zero attached hydrogens (tertiary/aromatic N) is 5. The molecule has 2 N–H and O–H groups in total. The van der Waals surface area contributed by atoms with Gasteiger partial charge in [-0.05, 0) is 40.8 Å². The van der Waals surface area contributed by atoms with Crippen molar-refractivity contribution in [2.75, 3.05) is 5.32 Å². The number of rotatable bonds is 3. The van der Waals surface area contributed by atoms with Crippen molar-refractivity contribution in [2.24, 2.45) is 0 Å². The molecular formula is C16H11ClN6O2. The lowest BCUT2D eigenvalue weighted by molar-refractivity contribution is -0.115. The average molecular weight is 355 g/mol. The molecule has 4 rings (SSSR count). The summed E-state index contributed by atoms with van der Waals surface area (Å²) in [4.78, 5) is 16.8. The highest BCUT2D eigenvalue weighted by Gasteiger charge is 2.16. The summed E-state index contributed by atoms with van der Waals surface area (Å²) in [6, 6.07) is 11.7. The number of hydrogen-bond acceptors (Lipinski definition) is 6. The van der Waals surface area contributed by atoms with Crippen molar-refractivity contribution in [3.8, 4) is 5.75 Å². The number of aromatic nitrogens is 5. The van der Waals surface area contributed by atoms with E-state index < -0.39 is 0 Å². The summed E-state index contributed by atoms with van der Waals surface area (Å²) >= 11 is 6.02. The van der Waals surface area contributed by atoms with Gasteiger partial charge in [0.25, 0.3) is 0 Å². The molecule has 2 heterocycles. The van der Waals surface area contributed by atoms with Gasteiger partial charge in [0.2, 0.25) is 11.6 Å². The third-order valence-electron chi connectivity index (χ3n) is 3.65. The molecule has 0 radical (unpaired) electrons. The number of fused-ring (bicyclic) bond motifs is 3. The second-order valence-corrected chi connectivity index (χ2v) is 5.78. The molecule has 0 bridgehead atoms. The van der Waals surface area contributed by atoms with Crippen LogP contribution in [-0.4, -0.2) is 36.0 Å². The Balaban J connectivity index is 1.71. The normalized spacial score (nSPS) is 11.1. The fourth-order valence-electron chi connectivity index (χ4n) is 2.53. The molecule has 0 aliphatic heterocycles. The first-order valence-electron chi connectivity index (χ1n) is 7.36. The highest BCUT2D eigenvalue weighted by atomic mass is 35.5. The standard InChI is InChI=1S/C16H11ClN6O2/c17-9-5-6-13-11(7-9)18-12(16-20-21-22-23(13)16)8-15(25)19-10-3-1-2-4-14(10)24/h1-7,24H,8H2,(H,19,25). The number of benzene rings is 2. The second kappa shape index (κ2) is 5.99. The van der Waals surface area contributed by atoms with Crippen molar-refractivity contribution >= 4 is 39.9 Å². The van der Waals surface area contributed by atoms with Gasteiger partial charge in [-0.25, -0.2) is 4.98 Å². The van der Waals surface area contributed by atoms with Crippen molar-refractivity contribution in [1.29, 1.82) is 0 Å². The van der Waals surface area contributed by atoms with Crippen LogP contribution in [0.3, 0.4) is 0 Å². The molecule has 0 aliphatic rings. The predicted molar refractivity (Wildman–Crippen MR) is 91.5 cm³/mol. The highest BCUT2D eigenvalue weighted by Crippen LogP contribution is 2.23. The summed E-state index contributed by atoms with van der Waals surface area (Å²) in [5.74, 6) is -0.358. The molecule has 2 aromatic heterocycles. The maximum atomic E-state index is 12.3. The quantitative estimate of drug-likeness (QED) is 0.546. The number of carbonyl (C=O) groups excluding carboxylic acids is 1. The first-order chi connectivity index (χ1) is 12.1. The number of halogens is 1. The van der Waals surface area contributed by atoms with Crippen molar-refractivity contribution in [1.82, 2.24) is 25.0 Å². The highest BCUT2D eigenvalue weighted by molar-refractivity contribution is 6.31. The van der Waals surface area contributed by atoms with Gasteiger partial charge < -0.3 is 10.4 Å². The van der Waals surface area contributed by atoms with Gasteiger partial charge in [0.15, 0.2) is 0 Å². The van der Waals surface area contributed by atoms with Gasteiger partial charge in [0.05, 0.1) is 28.8 Å². The van der Waals surface area contributed by atoms with Crippen LogP contribution < -0.4 is 5.32 Å². The summed E-state index contributed by atoms with van der Waals surface area (Å²) in [5.41, 5.74) is 2.40. The van der Waals surface area contributed by atoms with Crippen LogP contribution in [-0.2, 0) is 11.2 Å². The van der Waals surface area contributed by atoms with Crippen LogP contribution in [0.5, 0.6) is 5.75 Å². The van der Waals surface area contributed by atoms with E-state index in [1.807, 2.05) is 0 Å². The third-order valence-corrected chi connectivity index (χ3v) is 3.89. The van der Waals surface area contributed by atoms with E-state index in [9.17, 15) is 9.90 Å². The number of para-hydroxylation sites is 2. The van der Waals surface area contributed by atoms with Gasteiger partial charge in [-0.1, -0.05) is 23.7 Å². The van der Waals surface area contributed by atoms with Crippen LogP contribution in [0.25, 0.3) is 16.7 Å². The Morgan fingerprint density at radius 1 is 1.24 bits per heavy atom. The molecule has 0 atom stereocenters. The minimum absolute atomic E-state index is 0.0107. The van der Waals surface area contributed by atoms with E-state index in [0.29, 0.717) is 33.1 Å². The minimum Gasteiger partial charge on any atom is -0.506 e. The molecule has 25 heavy (non-hydrogen) atoms. The van der Waals surface area contributed by atoms with E-state index in [1.54, 1.807) is 36.4 Å². The van der Waals surface area contributed by atoms with E-state index >= 15 is 0 Å². The van der Waals surface area contributed by atoms with Crippen LogP contribution in [0.2, 0.25) is 5.02 Å². The summed E-state index contributed by atoms with van der Waals surface area (Å²) in [7, 11) is 0. The van der Waals surface area contributed by atoms with E-state index in [-0.39, 0.29) is 18.1 Å². The van der Waals surface area contributed by atoms with Crippen molar-refractivity contribution in [2.45, 2.75) is 6.42 Å². The van der Waals surface area contributed by atoms with E-state index in [0.717, 1.165) is 0 Å². The van der Waals surface area contributed by atoms with Gasteiger partial charge in [0.1, 0.15) is 5.75 Å². The van der Waals surface area contributed by atoms with Crippen LogP contribution in [0, 0.1) is 0 Å². The van der Waals surface area contributed by atoms with Crippen molar-refractivity contribution < 1.29 is 9.90 Å². The number of hydrogen-bond donors (Lipinski definition) is 2. The maximum Gasteiger partial charge on any atom is 0.230 e. The second-order valence-electron chi connectivity index (χ2n) is 5.35. The van der Waals surface area contributed by atoms with E-state index in [2.05, 4.69) is 25.8 Å². The fourth-order valence-corrected chi connectivity index (χ4v) is 2.70. The molecule has 4 aromatic rings. The lowest BCUT2D eigenvalue weighted by atomic mass is 10.2. The van der Waals surface area contributed by atoms with Crippen LogP contribution >= 0.6 is 11.6 Å². The number of tetrazole rings is 1. The average Bonchev–Trinajstić information content (AvgIpc) is 3.07. The van der Waals surface area contributed by atoms with Crippen molar-refractivity contribution in [3.63, 3.8) is 0 Å². The van der Waals surface area contributed by atoms with Crippen molar-refractivity contribution in [3.05, 3.63) is 53.2 Å². The number of phenolic OH excluding ortho intramolecular Hbond substituents is 1. The topological polar surface area (TPSA) is 105 Å². The molecule has 1 amide bonds. The third kappa shape index (κ3) is 2.83. The molecule has 0 saturated carbocycles. The molecule has 124 valence electrons. The molecule has 0 aliphatic carbocycles. The summed E-state index contributed by atoms with van der Waals surface area (Å²) < 4.78 is 1.52. The minimum atomic E-state index is -0.347. The monoisotopic (exact) mass is 354 g/mol.